The third-order valence-corrected chi connectivity index (χ3v) is 10.5. The number of aliphatic imine (C=N–C) groups is 2. The van der Waals surface area contributed by atoms with E-state index >= 15 is 0 Å². The predicted molar refractivity (Wildman–Crippen MR) is 144 cm³/mol. The highest BCUT2D eigenvalue weighted by Crippen LogP contribution is 2.72. The van der Waals surface area contributed by atoms with Crippen LogP contribution in [-0.4, -0.2) is 11.7 Å². The fourth-order valence-corrected chi connectivity index (χ4v) is 9.63. The number of hydrogen-bond donors (Lipinski definition) is 0. The van der Waals surface area contributed by atoms with Gasteiger partial charge in [-0.15, -0.1) is 0 Å². The molecule has 0 saturated heterocycles. The molecule has 0 aromatic carbocycles. The Kier molecular flexibility index (Phi) is 5.42. The minimum Gasteiger partial charge on any atom is -0.351 e. The van der Waals surface area contributed by atoms with Crippen molar-refractivity contribution < 1.29 is 0 Å². The Labute approximate surface area is 218 Å². The number of allylic oxidation sites excluding steroid dienone is 2. The van der Waals surface area contributed by atoms with Crippen LogP contribution in [0.15, 0.2) is 22.1 Å². The molecule has 0 atom stereocenters. The van der Waals surface area contributed by atoms with Gasteiger partial charge in [-0.05, 0) is 48.0 Å². The number of fused-ring (bicyclic) bond motifs is 8. The number of hydrogen-bond acceptors (Lipinski definition) is 6. The van der Waals surface area contributed by atoms with Crippen LogP contribution in [0.3, 0.4) is 0 Å². The Balaban J connectivity index is 1.61. The van der Waals surface area contributed by atoms with Crippen LogP contribution < -0.4 is 0 Å². The molecule has 176 valence electrons. The lowest BCUT2D eigenvalue weighted by molar-refractivity contribution is 0.373. The lowest BCUT2D eigenvalue weighted by Crippen LogP contribution is -2.28. The van der Waals surface area contributed by atoms with Crippen molar-refractivity contribution in [2.45, 2.75) is 75.0 Å². The first-order chi connectivity index (χ1) is 17.6. The molecule has 0 aliphatic heterocycles. The van der Waals surface area contributed by atoms with E-state index in [-0.39, 0.29) is 22.5 Å². The van der Waals surface area contributed by atoms with Gasteiger partial charge in [0.2, 0.25) is 10.0 Å². The Hall–Kier alpha value is -3.56. The van der Waals surface area contributed by atoms with E-state index in [0.29, 0.717) is 0 Å². The van der Waals surface area contributed by atoms with E-state index in [9.17, 15) is 10.5 Å². The molecule has 0 amide bonds. The van der Waals surface area contributed by atoms with Crippen molar-refractivity contribution in [3.63, 3.8) is 0 Å². The minimum atomic E-state index is -0.115. The van der Waals surface area contributed by atoms with E-state index in [1.807, 2.05) is 12.1 Å². The van der Waals surface area contributed by atoms with E-state index in [1.165, 1.54) is 70.6 Å². The Morgan fingerprint density at radius 2 is 1.11 bits per heavy atom. The van der Waals surface area contributed by atoms with Crippen LogP contribution in [0.25, 0.3) is 20.8 Å². The quantitative estimate of drug-likeness (QED) is 0.234. The lowest BCUT2D eigenvalue weighted by atomic mass is 9.67. The second kappa shape index (κ2) is 8.53. The molecule has 6 nitrogen and oxygen atoms in total. The van der Waals surface area contributed by atoms with Gasteiger partial charge in [0, 0.05) is 32.7 Å². The molecule has 0 radical (unpaired) electrons. The van der Waals surface area contributed by atoms with Gasteiger partial charge in [-0.3, -0.25) is 0 Å². The van der Waals surface area contributed by atoms with Gasteiger partial charge in [-0.1, -0.05) is 84.3 Å². The summed E-state index contributed by atoms with van der Waals surface area (Å²) in [7, 11) is 0. The summed E-state index contributed by atoms with van der Waals surface area (Å²) in [6, 6.07) is 8.14. The summed E-state index contributed by atoms with van der Waals surface area (Å²) >= 11 is 3.29. The molecule has 2 fully saturated rings. The molecular formula is C28H22N6S2. The Morgan fingerprint density at radius 1 is 0.722 bits per heavy atom. The molecule has 2 aromatic heterocycles. The van der Waals surface area contributed by atoms with Gasteiger partial charge >= 0.3 is 11.7 Å². The molecule has 4 aliphatic carbocycles. The van der Waals surface area contributed by atoms with Gasteiger partial charge in [0.25, 0.3) is 0 Å². The molecule has 36 heavy (non-hydrogen) atoms. The Morgan fingerprint density at radius 3 is 1.44 bits per heavy atom. The fraction of sp³-hybridized carbons (Fsp3) is 0.429. The van der Waals surface area contributed by atoms with E-state index in [4.69, 9.17) is 13.1 Å². The molecule has 0 unspecified atom stereocenters. The highest BCUT2D eigenvalue weighted by atomic mass is 32.1. The van der Waals surface area contributed by atoms with Crippen molar-refractivity contribution in [3.05, 3.63) is 55.8 Å². The second-order valence-corrected chi connectivity index (χ2v) is 12.1. The van der Waals surface area contributed by atoms with E-state index in [0.717, 1.165) is 35.7 Å². The van der Waals surface area contributed by atoms with Crippen molar-refractivity contribution in [3.8, 4) is 12.1 Å². The molecule has 2 aromatic rings. The van der Waals surface area contributed by atoms with Gasteiger partial charge < -0.3 is 9.69 Å². The summed E-state index contributed by atoms with van der Waals surface area (Å²) in [6.45, 7) is 14.5. The molecule has 4 aliphatic rings. The molecule has 0 bridgehead atoms. The van der Waals surface area contributed by atoms with Crippen LogP contribution in [0.1, 0.15) is 85.1 Å². The van der Waals surface area contributed by atoms with Crippen molar-refractivity contribution >= 4 is 55.5 Å². The standard InChI is InChI=1S/C28H22N6S2/c1-31-19(15-29)33-21-13-17-25(35-21)23-24(27(17)9-5-3-6-10-27)26-18(28(23)11-7-4-8-12-28)14-22(36-26)34-20(16-30)32-2/h13-14H,3-12H2. The minimum absolute atomic E-state index is 0.0719. The normalized spacial score (nSPS) is 21.3. The van der Waals surface area contributed by atoms with Crippen LogP contribution in [0, 0.1) is 35.8 Å². The fourth-order valence-electron chi connectivity index (χ4n) is 7.07. The molecule has 2 heterocycles. The topological polar surface area (TPSA) is 81.0 Å². The van der Waals surface area contributed by atoms with Crippen molar-refractivity contribution in [1.29, 1.82) is 10.5 Å². The molecule has 8 heteroatoms. The van der Waals surface area contributed by atoms with Crippen molar-refractivity contribution in [2.75, 3.05) is 0 Å². The first-order valence-electron chi connectivity index (χ1n) is 12.4. The summed E-state index contributed by atoms with van der Waals surface area (Å²) < 4.78 is 0. The first kappa shape index (κ1) is 22.9. The largest absolute Gasteiger partial charge is 0.351 e. The number of amidine groups is 2. The highest BCUT2D eigenvalue weighted by molar-refractivity contribution is 7.18. The SMILES string of the molecule is [C-]#[N+]C(C#N)=Nc1cc2c(s1)C1=C(c3sc(N=C(C#N)[N+]#[C-])cc3C13CCCCC3)C21CCCCC1. The molecule has 2 spiro atoms. The van der Waals surface area contributed by atoms with Crippen LogP contribution in [0.2, 0.25) is 0 Å². The zero-order valence-corrected chi connectivity index (χ0v) is 21.4. The first-order valence-corrected chi connectivity index (χ1v) is 14.0. The van der Waals surface area contributed by atoms with E-state index in [2.05, 4.69) is 31.8 Å². The average Bonchev–Trinajstić information content (AvgIpc) is 3.63. The van der Waals surface area contributed by atoms with Gasteiger partial charge in [0.15, 0.2) is 0 Å². The van der Waals surface area contributed by atoms with Crippen LogP contribution in [-0.2, 0) is 10.8 Å². The molecule has 0 N–H and O–H groups in total. The highest BCUT2D eigenvalue weighted by Gasteiger charge is 2.58. The zero-order chi connectivity index (χ0) is 24.9. The second-order valence-electron chi connectivity index (χ2n) is 10.0. The summed E-state index contributed by atoms with van der Waals surface area (Å²) in [5, 5.41) is 20.1. The zero-order valence-electron chi connectivity index (χ0n) is 19.7. The van der Waals surface area contributed by atoms with E-state index < -0.39 is 0 Å². The summed E-state index contributed by atoms with van der Waals surface area (Å²) in [5.74, 6) is -0.231. The number of nitrogens with zero attached hydrogens (tertiary/aromatic N) is 6. The molecular weight excluding hydrogens is 484 g/mol. The summed E-state index contributed by atoms with van der Waals surface area (Å²) in [4.78, 5) is 18.0. The number of rotatable bonds is 2. The van der Waals surface area contributed by atoms with Crippen molar-refractivity contribution in [1.82, 2.24) is 0 Å². The monoisotopic (exact) mass is 506 g/mol. The molecule has 6 rings (SSSR count). The number of nitriles is 2. The van der Waals surface area contributed by atoms with Gasteiger partial charge in [-0.25, -0.2) is 10.5 Å². The summed E-state index contributed by atoms with van der Waals surface area (Å²) in [5.41, 5.74) is 5.47. The maximum Gasteiger partial charge on any atom is 0.350 e. The van der Waals surface area contributed by atoms with Gasteiger partial charge in [0.05, 0.1) is 0 Å². The summed E-state index contributed by atoms with van der Waals surface area (Å²) in [6.07, 6.45) is 11.5. The van der Waals surface area contributed by atoms with Crippen molar-refractivity contribution in [2.24, 2.45) is 9.98 Å². The van der Waals surface area contributed by atoms with E-state index in [1.54, 1.807) is 22.7 Å². The molecule has 2 saturated carbocycles. The van der Waals surface area contributed by atoms with Crippen LogP contribution in [0.4, 0.5) is 10.0 Å². The average molecular weight is 507 g/mol. The predicted octanol–water partition coefficient (Wildman–Crippen LogP) is 8.10. The maximum absolute atomic E-state index is 9.29. The smallest absolute Gasteiger partial charge is 0.350 e. The third kappa shape index (κ3) is 3.09. The lowest BCUT2D eigenvalue weighted by Gasteiger charge is -2.36. The third-order valence-electron chi connectivity index (χ3n) is 8.39. The van der Waals surface area contributed by atoms with Gasteiger partial charge in [-0.2, -0.15) is 0 Å². The number of thiophene rings is 2. The maximum atomic E-state index is 9.29. The van der Waals surface area contributed by atoms with Crippen LogP contribution >= 0.6 is 22.7 Å². The van der Waals surface area contributed by atoms with Crippen LogP contribution in [0.5, 0.6) is 0 Å². The van der Waals surface area contributed by atoms with Gasteiger partial charge in [0.1, 0.15) is 12.1 Å². The Bertz CT molecular complexity index is 1390.